The third-order valence-corrected chi connectivity index (χ3v) is 6.19. The molecule has 0 bridgehead atoms. The van der Waals surface area contributed by atoms with Crippen molar-refractivity contribution in [2.24, 2.45) is 0 Å². The van der Waals surface area contributed by atoms with E-state index in [9.17, 15) is 4.39 Å². The van der Waals surface area contributed by atoms with Crippen LogP contribution in [-0.4, -0.2) is 0 Å². The summed E-state index contributed by atoms with van der Waals surface area (Å²) in [6.07, 6.45) is 13.2. The molecule has 2 aromatic rings. The van der Waals surface area contributed by atoms with E-state index < -0.39 is 11.5 Å². The van der Waals surface area contributed by atoms with Crippen molar-refractivity contribution in [1.82, 2.24) is 0 Å². The molecule has 3 rings (SSSR count). The summed E-state index contributed by atoms with van der Waals surface area (Å²) in [5.41, 5.74) is 1.85. The fourth-order valence-electron chi connectivity index (χ4n) is 4.36. The Labute approximate surface area is 180 Å². The van der Waals surface area contributed by atoms with E-state index in [1.165, 1.54) is 56.6 Å². The molecule has 0 heterocycles. The highest BCUT2D eigenvalue weighted by Crippen LogP contribution is 2.41. The third kappa shape index (κ3) is 5.68. The molecule has 160 valence electrons. The molecule has 0 saturated heterocycles. The molecule has 0 aromatic heterocycles. The van der Waals surface area contributed by atoms with E-state index >= 15 is 4.39 Å². The van der Waals surface area contributed by atoms with Crippen LogP contribution in [0.5, 0.6) is 0 Å². The van der Waals surface area contributed by atoms with E-state index in [0.29, 0.717) is 11.5 Å². The van der Waals surface area contributed by atoms with Gasteiger partial charge in [0.05, 0.1) is 0 Å². The maximum Gasteiger partial charge on any atom is 0.161 e. The second-order valence-corrected chi connectivity index (χ2v) is 8.63. The summed E-state index contributed by atoms with van der Waals surface area (Å²) in [7, 11) is 0. The summed E-state index contributed by atoms with van der Waals surface area (Å²) < 4.78 is 29.5. The maximum absolute atomic E-state index is 15.7. The summed E-state index contributed by atoms with van der Waals surface area (Å²) in [5.74, 6) is -0.0440. The average Bonchev–Trinajstić information content (AvgIpc) is 2.76. The van der Waals surface area contributed by atoms with Gasteiger partial charge < -0.3 is 0 Å². The molecule has 2 heteroatoms. The largest absolute Gasteiger partial charge is 0.234 e. The van der Waals surface area contributed by atoms with Gasteiger partial charge in [-0.15, -0.1) is 0 Å². The minimum Gasteiger partial charge on any atom is -0.234 e. The fraction of sp³-hybridized carbons (Fsp3) is 0.429. The molecule has 2 atom stereocenters. The highest BCUT2D eigenvalue weighted by molar-refractivity contribution is 5.70. The van der Waals surface area contributed by atoms with E-state index in [4.69, 9.17) is 0 Å². The number of rotatable bonds is 10. The number of hydrogen-bond donors (Lipinski definition) is 0. The standard InChI is InChI=1S/C28H34F2/c1-3-4-5-6-7-8-13-22(2)23-14-11-15-24(20-23)26-17-9-10-18-27(26)28(30)19-12-16-25(29)21-28/h9-12,14-18,20-22H,3-8,13,19H2,1-2H3. The lowest BCUT2D eigenvalue weighted by atomic mass is 9.83. The number of unbranched alkanes of at least 4 members (excludes halogenated alkanes) is 5. The highest BCUT2D eigenvalue weighted by Gasteiger charge is 2.33. The number of benzene rings is 2. The Morgan fingerprint density at radius 3 is 2.53 bits per heavy atom. The summed E-state index contributed by atoms with van der Waals surface area (Å²) in [5, 5.41) is 0. The Balaban J connectivity index is 1.76. The summed E-state index contributed by atoms with van der Waals surface area (Å²) >= 11 is 0. The second-order valence-electron chi connectivity index (χ2n) is 8.63. The normalized spacial score (nSPS) is 19.5. The van der Waals surface area contributed by atoms with E-state index in [-0.39, 0.29) is 6.42 Å². The van der Waals surface area contributed by atoms with Gasteiger partial charge in [0.2, 0.25) is 0 Å². The molecule has 30 heavy (non-hydrogen) atoms. The van der Waals surface area contributed by atoms with Gasteiger partial charge in [-0.2, -0.15) is 0 Å². The van der Waals surface area contributed by atoms with Crippen molar-refractivity contribution >= 4 is 0 Å². The van der Waals surface area contributed by atoms with Gasteiger partial charge in [-0.1, -0.05) is 107 Å². The summed E-state index contributed by atoms with van der Waals surface area (Å²) in [4.78, 5) is 0. The Morgan fingerprint density at radius 1 is 0.967 bits per heavy atom. The fourth-order valence-corrected chi connectivity index (χ4v) is 4.36. The molecule has 0 spiro atoms. The van der Waals surface area contributed by atoms with Crippen molar-refractivity contribution < 1.29 is 8.78 Å². The van der Waals surface area contributed by atoms with Gasteiger partial charge in [-0.25, -0.2) is 8.78 Å². The molecule has 2 aromatic carbocycles. The first-order chi connectivity index (χ1) is 14.5. The van der Waals surface area contributed by atoms with Crippen LogP contribution in [0.25, 0.3) is 11.1 Å². The zero-order chi connectivity index (χ0) is 21.4. The maximum atomic E-state index is 15.7. The van der Waals surface area contributed by atoms with Crippen LogP contribution >= 0.6 is 0 Å². The van der Waals surface area contributed by atoms with Gasteiger partial charge in [0.1, 0.15) is 5.83 Å². The van der Waals surface area contributed by atoms with Crippen LogP contribution in [0.1, 0.15) is 82.3 Å². The monoisotopic (exact) mass is 408 g/mol. The van der Waals surface area contributed by atoms with Gasteiger partial charge in [0.15, 0.2) is 5.67 Å². The Bertz CT molecular complexity index is 880. The predicted molar refractivity (Wildman–Crippen MR) is 124 cm³/mol. The quantitative estimate of drug-likeness (QED) is 0.344. The summed E-state index contributed by atoms with van der Waals surface area (Å²) in [6, 6.07) is 15.9. The third-order valence-electron chi connectivity index (χ3n) is 6.19. The molecular formula is C28H34F2. The smallest absolute Gasteiger partial charge is 0.161 e. The number of hydrogen-bond acceptors (Lipinski definition) is 0. The van der Waals surface area contributed by atoms with Crippen molar-refractivity contribution in [2.75, 3.05) is 0 Å². The van der Waals surface area contributed by atoms with Gasteiger partial charge >= 0.3 is 0 Å². The molecule has 1 aliphatic carbocycles. The van der Waals surface area contributed by atoms with E-state index in [2.05, 4.69) is 32.0 Å². The Hall–Kier alpha value is -2.22. The minimum absolute atomic E-state index is 0.158. The predicted octanol–water partition coefficient (Wildman–Crippen LogP) is 9.19. The van der Waals surface area contributed by atoms with E-state index in [1.54, 1.807) is 12.1 Å². The van der Waals surface area contributed by atoms with Crippen molar-refractivity contribution in [3.05, 3.63) is 83.7 Å². The Morgan fingerprint density at radius 2 is 1.73 bits per heavy atom. The number of alkyl halides is 1. The van der Waals surface area contributed by atoms with Crippen molar-refractivity contribution in [3.63, 3.8) is 0 Å². The van der Waals surface area contributed by atoms with E-state index in [1.807, 2.05) is 24.3 Å². The molecule has 0 saturated carbocycles. The highest BCUT2D eigenvalue weighted by atomic mass is 19.1. The molecule has 0 nitrogen and oxygen atoms in total. The van der Waals surface area contributed by atoms with Crippen LogP contribution in [0.2, 0.25) is 0 Å². The first-order valence-electron chi connectivity index (χ1n) is 11.5. The Kier molecular flexibility index (Phi) is 8.01. The zero-order valence-electron chi connectivity index (χ0n) is 18.3. The van der Waals surface area contributed by atoms with Crippen molar-refractivity contribution in [1.29, 1.82) is 0 Å². The molecule has 0 N–H and O–H groups in total. The zero-order valence-corrected chi connectivity index (χ0v) is 18.3. The van der Waals surface area contributed by atoms with Gasteiger partial charge in [0, 0.05) is 12.0 Å². The molecule has 2 unspecified atom stereocenters. The first-order valence-corrected chi connectivity index (χ1v) is 11.5. The topological polar surface area (TPSA) is 0 Å². The summed E-state index contributed by atoms with van der Waals surface area (Å²) in [6.45, 7) is 4.52. The van der Waals surface area contributed by atoms with Crippen molar-refractivity contribution in [2.45, 2.75) is 76.8 Å². The van der Waals surface area contributed by atoms with Crippen LogP contribution in [0.15, 0.2) is 72.6 Å². The molecule has 0 fully saturated rings. The molecule has 0 amide bonds. The van der Waals surface area contributed by atoms with Gasteiger partial charge in [0.25, 0.3) is 0 Å². The van der Waals surface area contributed by atoms with Crippen LogP contribution in [0.4, 0.5) is 8.78 Å². The average molecular weight is 409 g/mol. The van der Waals surface area contributed by atoms with Crippen LogP contribution < -0.4 is 0 Å². The van der Waals surface area contributed by atoms with Gasteiger partial charge in [-0.3, -0.25) is 0 Å². The van der Waals surface area contributed by atoms with Crippen LogP contribution in [-0.2, 0) is 5.67 Å². The SMILES string of the molecule is CCCCCCCCC(C)c1cccc(-c2ccccc2C2(F)C=C(F)C=CC2)c1. The lowest BCUT2D eigenvalue weighted by molar-refractivity contribution is 0.231. The number of halogens is 2. The van der Waals surface area contributed by atoms with Gasteiger partial charge in [-0.05, 0) is 41.2 Å². The molecule has 0 aliphatic heterocycles. The minimum atomic E-state index is -1.81. The second kappa shape index (κ2) is 10.7. The number of allylic oxidation sites excluding steroid dienone is 4. The molecule has 1 aliphatic rings. The molecule has 0 radical (unpaired) electrons. The van der Waals surface area contributed by atoms with Crippen molar-refractivity contribution in [3.8, 4) is 11.1 Å². The first kappa shape index (κ1) is 22.5. The lowest BCUT2D eigenvalue weighted by Crippen LogP contribution is -2.19. The van der Waals surface area contributed by atoms with Crippen LogP contribution in [0.3, 0.4) is 0 Å². The van der Waals surface area contributed by atoms with E-state index in [0.717, 1.165) is 17.2 Å². The molecular weight excluding hydrogens is 374 g/mol. The van der Waals surface area contributed by atoms with Crippen LogP contribution in [0, 0.1) is 0 Å². The lowest BCUT2D eigenvalue weighted by Gasteiger charge is -2.26.